The summed E-state index contributed by atoms with van der Waals surface area (Å²) in [5.74, 6) is 0. The van der Waals surface area contributed by atoms with Gasteiger partial charge in [-0.2, -0.15) is 0 Å². The van der Waals surface area contributed by atoms with Gasteiger partial charge in [0.1, 0.15) is 0 Å². The van der Waals surface area contributed by atoms with Gasteiger partial charge in [0.25, 0.3) is 0 Å². The fourth-order valence-electron chi connectivity index (χ4n) is 1.88. The summed E-state index contributed by atoms with van der Waals surface area (Å²) in [6, 6.07) is 2.07. The lowest BCUT2D eigenvalue weighted by Crippen LogP contribution is -2.20. The third-order valence-electron chi connectivity index (χ3n) is 2.97. The highest BCUT2D eigenvalue weighted by atomic mass is 14.8. The summed E-state index contributed by atoms with van der Waals surface area (Å²) in [4.78, 5) is 4.34. The van der Waals surface area contributed by atoms with E-state index in [2.05, 4.69) is 24.9 Å². The molecule has 0 amide bonds. The second-order valence-electron chi connectivity index (χ2n) is 3.94. The molecule has 0 aliphatic heterocycles. The van der Waals surface area contributed by atoms with E-state index in [1.165, 1.54) is 16.8 Å². The Bertz CT molecular complexity index is 327. The van der Waals surface area contributed by atoms with Crippen LogP contribution in [0.5, 0.6) is 0 Å². The molecule has 0 radical (unpaired) electrons. The first-order valence-corrected chi connectivity index (χ1v) is 4.91. The van der Waals surface area contributed by atoms with Crippen LogP contribution in [0.3, 0.4) is 0 Å². The minimum Gasteiger partial charge on any atom is -0.321 e. The molecule has 0 saturated heterocycles. The number of nitrogens with two attached hydrogens (primary N) is 1. The second kappa shape index (κ2) is 2.81. The fourth-order valence-corrected chi connectivity index (χ4v) is 1.88. The van der Waals surface area contributed by atoms with Gasteiger partial charge in [-0.05, 0) is 43.4 Å². The molecule has 2 heteroatoms. The molecule has 0 spiro atoms. The maximum Gasteiger partial charge on any atom is 0.0433 e. The molecule has 1 aliphatic rings. The second-order valence-corrected chi connectivity index (χ2v) is 3.94. The quantitative estimate of drug-likeness (QED) is 0.747. The van der Waals surface area contributed by atoms with Gasteiger partial charge in [-0.15, -0.1) is 0 Å². The van der Waals surface area contributed by atoms with Crippen molar-refractivity contribution >= 4 is 0 Å². The third-order valence-corrected chi connectivity index (χ3v) is 2.97. The van der Waals surface area contributed by atoms with Crippen LogP contribution in [-0.2, 0) is 12.0 Å². The van der Waals surface area contributed by atoms with Crippen molar-refractivity contribution in [1.29, 1.82) is 0 Å². The van der Waals surface area contributed by atoms with Crippen LogP contribution in [0.25, 0.3) is 0 Å². The van der Waals surface area contributed by atoms with Gasteiger partial charge in [0.2, 0.25) is 0 Å². The molecule has 1 heterocycles. The Labute approximate surface area is 79.2 Å². The van der Waals surface area contributed by atoms with Crippen molar-refractivity contribution in [2.75, 3.05) is 0 Å². The first-order chi connectivity index (χ1) is 6.17. The summed E-state index contributed by atoms with van der Waals surface area (Å²) < 4.78 is 0. The Morgan fingerprint density at radius 1 is 1.54 bits per heavy atom. The maximum absolute atomic E-state index is 6.16. The Hall–Kier alpha value is -0.890. The minimum absolute atomic E-state index is 0.0169. The zero-order chi connectivity index (χ0) is 9.47. The van der Waals surface area contributed by atoms with E-state index in [9.17, 15) is 0 Å². The average Bonchev–Trinajstić information content (AvgIpc) is 2.85. The lowest BCUT2D eigenvalue weighted by molar-refractivity contribution is 0.725. The molecule has 0 bridgehead atoms. The van der Waals surface area contributed by atoms with Gasteiger partial charge in [-0.25, -0.2) is 0 Å². The number of rotatable bonds is 2. The Morgan fingerprint density at radius 2 is 2.23 bits per heavy atom. The monoisotopic (exact) mass is 176 g/mol. The highest BCUT2D eigenvalue weighted by molar-refractivity contribution is 5.38. The molecule has 2 N–H and O–H groups in total. The van der Waals surface area contributed by atoms with Crippen LogP contribution < -0.4 is 5.73 Å². The van der Waals surface area contributed by atoms with E-state index in [0.717, 1.165) is 19.3 Å². The van der Waals surface area contributed by atoms with Crippen LogP contribution in [0.15, 0.2) is 12.3 Å². The zero-order valence-electron chi connectivity index (χ0n) is 8.30. The number of hydrogen-bond donors (Lipinski definition) is 1. The van der Waals surface area contributed by atoms with Gasteiger partial charge >= 0.3 is 0 Å². The van der Waals surface area contributed by atoms with Gasteiger partial charge in [-0.1, -0.05) is 6.92 Å². The topological polar surface area (TPSA) is 38.9 Å². The predicted octanol–water partition coefficient (Wildman–Crippen LogP) is 1.90. The van der Waals surface area contributed by atoms with Gasteiger partial charge in [0.05, 0.1) is 0 Å². The van der Waals surface area contributed by atoms with Crippen LogP contribution in [-0.4, -0.2) is 4.98 Å². The molecule has 1 aromatic heterocycles. The van der Waals surface area contributed by atoms with E-state index in [-0.39, 0.29) is 5.54 Å². The predicted molar refractivity (Wildman–Crippen MR) is 53.5 cm³/mol. The molecule has 2 nitrogen and oxygen atoms in total. The Kier molecular flexibility index (Phi) is 1.88. The first-order valence-electron chi connectivity index (χ1n) is 4.91. The lowest BCUT2D eigenvalue weighted by atomic mass is 9.99. The van der Waals surface area contributed by atoms with Crippen molar-refractivity contribution in [3.05, 3.63) is 29.1 Å². The number of aromatic nitrogens is 1. The molecule has 13 heavy (non-hydrogen) atoms. The van der Waals surface area contributed by atoms with Crippen LogP contribution in [0.1, 0.15) is 36.6 Å². The smallest absolute Gasteiger partial charge is 0.0433 e. The summed E-state index contributed by atoms with van der Waals surface area (Å²) in [5.41, 5.74) is 9.94. The van der Waals surface area contributed by atoms with E-state index in [1.807, 2.05) is 6.20 Å². The van der Waals surface area contributed by atoms with Crippen LogP contribution in [0.4, 0.5) is 0 Å². The summed E-state index contributed by atoms with van der Waals surface area (Å²) in [6.45, 7) is 4.27. The molecule has 1 fully saturated rings. The van der Waals surface area contributed by atoms with Crippen molar-refractivity contribution in [2.45, 2.75) is 38.6 Å². The van der Waals surface area contributed by atoms with E-state index >= 15 is 0 Å². The van der Waals surface area contributed by atoms with Crippen molar-refractivity contribution in [1.82, 2.24) is 4.98 Å². The lowest BCUT2D eigenvalue weighted by Gasteiger charge is -2.14. The first kappa shape index (κ1) is 8.70. The van der Waals surface area contributed by atoms with Gasteiger partial charge < -0.3 is 5.73 Å². The zero-order valence-corrected chi connectivity index (χ0v) is 8.30. The molecule has 0 atom stereocenters. The molecular formula is C11H16N2. The molecular weight excluding hydrogens is 160 g/mol. The number of nitrogens with zero attached hydrogens (tertiary/aromatic N) is 1. The number of hydrogen-bond acceptors (Lipinski definition) is 2. The Morgan fingerprint density at radius 3 is 2.77 bits per heavy atom. The van der Waals surface area contributed by atoms with E-state index in [1.54, 1.807) is 0 Å². The summed E-state index contributed by atoms with van der Waals surface area (Å²) in [5, 5.41) is 0. The van der Waals surface area contributed by atoms with E-state index < -0.39 is 0 Å². The SMILES string of the molecule is CCc1nccc(C2(N)CC2)c1C. The number of aryl methyl sites for hydroxylation is 1. The normalized spacial score (nSPS) is 18.7. The van der Waals surface area contributed by atoms with Crippen molar-refractivity contribution < 1.29 is 0 Å². The number of pyridine rings is 1. The third kappa shape index (κ3) is 1.35. The maximum atomic E-state index is 6.16. The average molecular weight is 176 g/mol. The molecule has 0 unspecified atom stereocenters. The molecule has 2 rings (SSSR count). The van der Waals surface area contributed by atoms with Crippen molar-refractivity contribution in [2.24, 2.45) is 5.73 Å². The van der Waals surface area contributed by atoms with Crippen molar-refractivity contribution in [3.63, 3.8) is 0 Å². The largest absolute Gasteiger partial charge is 0.321 e. The molecule has 1 aliphatic carbocycles. The van der Waals surface area contributed by atoms with Gasteiger partial charge in [0.15, 0.2) is 0 Å². The summed E-state index contributed by atoms with van der Waals surface area (Å²) in [6.07, 6.45) is 5.13. The fraction of sp³-hybridized carbons (Fsp3) is 0.545. The Balaban J connectivity index is 2.46. The minimum atomic E-state index is -0.0169. The standard InChI is InChI=1S/C11H16N2/c1-3-10-8(2)9(4-7-13-10)11(12)5-6-11/h4,7H,3,5-6,12H2,1-2H3. The van der Waals surface area contributed by atoms with E-state index in [4.69, 9.17) is 5.73 Å². The summed E-state index contributed by atoms with van der Waals surface area (Å²) >= 11 is 0. The molecule has 1 aromatic rings. The van der Waals surface area contributed by atoms with Crippen LogP contribution >= 0.6 is 0 Å². The van der Waals surface area contributed by atoms with E-state index in [0.29, 0.717) is 0 Å². The molecule has 1 saturated carbocycles. The van der Waals surface area contributed by atoms with Crippen LogP contribution in [0, 0.1) is 6.92 Å². The molecule has 70 valence electrons. The highest BCUT2D eigenvalue weighted by Gasteiger charge is 2.41. The summed E-state index contributed by atoms with van der Waals surface area (Å²) in [7, 11) is 0. The van der Waals surface area contributed by atoms with Crippen molar-refractivity contribution in [3.8, 4) is 0 Å². The van der Waals surface area contributed by atoms with Gasteiger partial charge in [0, 0.05) is 17.4 Å². The van der Waals surface area contributed by atoms with Crippen LogP contribution in [0.2, 0.25) is 0 Å². The molecule has 0 aromatic carbocycles. The highest BCUT2D eigenvalue weighted by Crippen LogP contribution is 2.44. The van der Waals surface area contributed by atoms with Gasteiger partial charge in [-0.3, -0.25) is 4.98 Å².